The molecule has 5 rings (SSSR count). The Bertz CT molecular complexity index is 1480. The Balaban J connectivity index is 1.42. The zero-order chi connectivity index (χ0) is 28.9. The number of methoxy groups -OCH3 is 1. The van der Waals surface area contributed by atoms with Crippen LogP contribution in [0.3, 0.4) is 0 Å². The molecule has 10 nitrogen and oxygen atoms in total. The number of thiazole rings is 1. The van der Waals surface area contributed by atoms with Crippen molar-refractivity contribution in [3.63, 3.8) is 0 Å². The number of nitrogens with zero attached hydrogens (tertiary/aromatic N) is 5. The molecule has 0 unspecified atom stereocenters. The number of fused-ring (bicyclic) bond motifs is 2. The summed E-state index contributed by atoms with van der Waals surface area (Å²) in [6, 6.07) is 12.7. The fraction of sp³-hybridized carbons (Fsp3) is 0.367. The maximum atomic E-state index is 13.5. The number of amides is 2. The van der Waals surface area contributed by atoms with E-state index in [1.807, 2.05) is 36.7 Å². The third-order valence-corrected chi connectivity index (χ3v) is 8.36. The zero-order valence-electron chi connectivity index (χ0n) is 23.6. The molecule has 2 aromatic carbocycles. The highest BCUT2D eigenvalue weighted by Gasteiger charge is 2.28. The van der Waals surface area contributed by atoms with Gasteiger partial charge >= 0.3 is 0 Å². The summed E-state index contributed by atoms with van der Waals surface area (Å²) in [5.41, 5.74) is 2.72. The molecule has 0 saturated carbocycles. The van der Waals surface area contributed by atoms with Crippen molar-refractivity contribution >= 4 is 39.1 Å². The van der Waals surface area contributed by atoms with Crippen molar-refractivity contribution in [3.8, 4) is 5.75 Å². The van der Waals surface area contributed by atoms with E-state index in [1.54, 1.807) is 37.3 Å². The molecule has 3 atom stereocenters. The monoisotopic (exact) mass is 574 g/mol. The molecule has 4 aromatic rings. The second-order valence-electron chi connectivity index (χ2n) is 10.4. The molecule has 1 N–H and O–H groups in total. The first kappa shape index (κ1) is 28.6. The van der Waals surface area contributed by atoms with Gasteiger partial charge in [0.15, 0.2) is 5.01 Å². The summed E-state index contributed by atoms with van der Waals surface area (Å²) in [5, 5.41) is 3.28. The van der Waals surface area contributed by atoms with Gasteiger partial charge < -0.3 is 19.7 Å². The van der Waals surface area contributed by atoms with Gasteiger partial charge in [0.2, 0.25) is 0 Å². The van der Waals surface area contributed by atoms with Gasteiger partial charge in [0, 0.05) is 69.5 Å². The number of carbonyl (C=O) groups is 2. The Kier molecular flexibility index (Phi) is 8.87. The molecule has 0 aliphatic carbocycles. The topological polar surface area (TPSA) is 110 Å². The van der Waals surface area contributed by atoms with Gasteiger partial charge in [0.05, 0.1) is 21.9 Å². The molecule has 41 heavy (non-hydrogen) atoms. The van der Waals surface area contributed by atoms with Gasteiger partial charge in [-0.15, -0.1) is 11.3 Å². The predicted molar refractivity (Wildman–Crippen MR) is 158 cm³/mol. The van der Waals surface area contributed by atoms with Gasteiger partial charge in [-0.2, -0.15) is 0 Å². The number of carbonyl (C=O) groups excluding carboxylic acids is 2. The third-order valence-electron chi connectivity index (χ3n) is 7.32. The standard InChI is InChI=1S/C30H34N6O4S/c1-19-14-36(15-21-12-31-18-32-13-21)20(2)17-40-25-11-22(9-10-23(25)30(38)35(3)16-26(19)39-4)33-28(37)29-34-24-7-5-6-8-27(24)41-29/h5-13,18-20,26H,14-17H2,1-4H3,(H,33,37)/t19-,20-,26-/m1/s1. The van der Waals surface area contributed by atoms with Gasteiger partial charge in [-0.05, 0) is 37.1 Å². The Labute approximate surface area is 243 Å². The van der Waals surface area contributed by atoms with Crippen LogP contribution in [0, 0.1) is 5.92 Å². The second-order valence-corrected chi connectivity index (χ2v) is 11.5. The lowest BCUT2D eigenvalue weighted by Gasteiger charge is -2.36. The molecule has 0 spiro atoms. The molecular weight excluding hydrogens is 540 g/mol. The Morgan fingerprint density at radius 2 is 1.93 bits per heavy atom. The lowest BCUT2D eigenvalue weighted by atomic mass is 10.0. The van der Waals surface area contributed by atoms with E-state index in [1.165, 1.54) is 17.7 Å². The minimum Gasteiger partial charge on any atom is -0.491 e. The molecular formula is C30H34N6O4S. The molecule has 0 bridgehead atoms. The van der Waals surface area contributed by atoms with Crippen LogP contribution in [0.15, 0.2) is 61.2 Å². The SMILES string of the molecule is CO[C@@H]1CN(C)C(=O)c2ccc(NC(=O)c3nc4ccccc4s3)cc2OC[C@@H](C)N(Cc2cncnc2)C[C@H]1C. The van der Waals surface area contributed by atoms with Crippen molar-refractivity contribution < 1.29 is 19.1 Å². The van der Waals surface area contributed by atoms with E-state index < -0.39 is 0 Å². The molecule has 11 heteroatoms. The number of likely N-dealkylation sites (N-methyl/N-ethyl adjacent to an activating group) is 1. The smallest absolute Gasteiger partial charge is 0.284 e. The number of para-hydroxylation sites is 1. The molecule has 0 fully saturated rings. The summed E-state index contributed by atoms with van der Waals surface area (Å²) < 4.78 is 13.1. The highest BCUT2D eigenvalue weighted by Crippen LogP contribution is 2.28. The number of aromatic nitrogens is 3. The first-order valence-corrected chi connectivity index (χ1v) is 14.3. The number of ether oxygens (including phenoxy) is 2. The van der Waals surface area contributed by atoms with Gasteiger partial charge in [-0.3, -0.25) is 14.5 Å². The van der Waals surface area contributed by atoms with Gasteiger partial charge in [-0.1, -0.05) is 19.1 Å². The van der Waals surface area contributed by atoms with Crippen LogP contribution in [-0.4, -0.2) is 82.6 Å². The predicted octanol–water partition coefficient (Wildman–Crippen LogP) is 4.34. The molecule has 0 radical (unpaired) electrons. The van der Waals surface area contributed by atoms with Crippen LogP contribution in [0.25, 0.3) is 10.2 Å². The molecule has 214 valence electrons. The zero-order valence-corrected chi connectivity index (χ0v) is 24.4. The van der Waals surface area contributed by atoms with Gasteiger partial charge in [0.25, 0.3) is 11.8 Å². The summed E-state index contributed by atoms with van der Waals surface area (Å²) in [4.78, 5) is 43.3. The first-order valence-electron chi connectivity index (χ1n) is 13.5. The number of hydrogen-bond donors (Lipinski definition) is 1. The maximum Gasteiger partial charge on any atom is 0.284 e. The largest absolute Gasteiger partial charge is 0.491 e. The van der Waals surface area contributed by atoms with Gasteiger partial charge in [-0.25, -0.2) is 15.0 Å². The number of anilines is 1. The molecule has 1 aliphatic heterocycles. The number of hydrogen-bond acceptors (Lipinski definition) is 9. The van der Waals surface area contributed by atoms with E-state index in [4.69, 9.17) is 9.47 Å². The normalized spacial score (nSPS) is 20.5. The van der Waals surface area contributed by atoms with Crippen molar-refractivity contribution in [3.05, 3.63) is 77.3 Å². The molecule has 2 amide bonds. The Hall–Kier alpha value is -3.93. The summed E-state index contributed by atoms with van der Waals surface area (Å²) in [6.45, 7) is 6.35. The highest BCUT2D eigenvalue weighted by molar-refractivity contribution is 7.20. The van der Waals surface area contributed by atoms with Crippen molar-refractivity contribution in [2.45, 2.75) is 32.5 Å². The fourth-order valence-electron chi connectivity index (χ4n) is 4.95. The van der Waals surface area contributed by atoms with Crippen molar-refractivity contribution in [2.24, 2.45) is 5.92 Å². The van der Waals surface area contributed by atoms with Crippen molar-refractivity contribution in [2.75, 3.05) is 39.2 Å². The minimum atomic E-state index is -0.315. The van der Waals surface area contributed by atoms with Crippen LogP contribution in [0.5, 0.6) is 5.75 Å². The maximum absolute atomic E-state index is 13.5. The Morgan fingerprint density at radius 3 is 2.68 bits per heavy atom. The first-order chi connectivity index (χ1) is 19.8. The molecule has 2 aromatic heterocycles. The van der Waals surface area contributed by atoms with E-state index in [0.717, 1.165) is 22.3 Å². The van der Waals surface area contributed by atoms with Crippen LogP contribution in [0.4, 0.5) is 5.69 Å². The lowest BCUT2D eigenvalue weighted by molar-refractivity contribution is 0.00918. The molecule has 1 aliphatic rings. The third kappa shape index (κ3) is 6.70. The van der Waals surface area contributed by atoms with Crippen LogP contribution < -0.4 is 10.1 Å². The number of benzene rings is 2. The number of nitrogens with one attached hydrogen (secondary N) is 1. The van der Waals surface area contributed by atoms with Crippen LogP contribution >= 0.6 is 11.3 Å². The fourth-order valence-corrected chi connectivity index (χ4v) is 5.81. The van der Waals surface area contributed by atoms with E-state index in [9.17, 15) is 9.59 Å². The summed E-state index contributed by atoms with van der Waals surface area (Å²) in [5.74, 6) is 0.0526. The van der Waals surface area contributed by atoms with E-state index in [0.29, 0.717) is 41.7 Å². The van der Waals surface area contributed by atoms with Crippen LogP contribution in [0.2, 0.25) is 0 Å². The summed E-state index contributed by atoms with van der Waals surface area (Å²) >= 11 is 1.33. The van der Waals surface area contributed by atoms with Crippen LogP contribution in [-0.2, 0) is 11.3 Å². The van der Waals surface area contributed by atoms with Crippen molar-refractivity contribution in [1.82, 2.24) is 24.8 Å². The van der Waals surface area contributed by atoms with E-state index in [2.05, 4.69) is 39.0 Å². The van der Waals surface area contributed by atoms with E-state index >= 15 is 0 Å². The molecule has 0 saturated heterocycles. The van der Waals surface area contributed by atoms with Crippen molar-refractivity contribution in [1.29, 1.82) is 0 Å². The number of rotatable bonds is 5. The average Bonchev–Trinajstić information content (AvgIpc) is 3.43. The molecule has 3 heterocycles. The second kappa shape index (κ2) is 12.7. The Morgan fingerprint density at radius 1 is 1.15 bits per heavy atom. The van der Waals surface area contributed by atoms with Crippen LogP contribution in [0.1, 0.15) is 39.6 Å². The average molecular weight is 575 g/mol. The lowest BCUT2D eigenvalue weighted by Crippen LogP contribution is -2.46. The highest BCUT2D eigenvalue weighted by atomic mass is 32.1. The van der Waals surface area contributed by atoms with Gasteiger partial charge in [0.1, 0.15) is 18.7 Å². The van der Waals surface area contributed by atoms with E-state index in [-0.39, 0.29) is 29.9 Å². The quantitative estimate of drug-likeness (QED) is 0.375. The summed E-state index contributed by atoms with van der Waals surface area (Å²) in [7, 11) is 3.45. The summed E-state index contributed by atoms with van der Waals surface area (Å²) in [6.07, 6.45) is 4.99. The minimum absolute atomic E-state index is 0.00346.